The third kappa shape index (κ3) is 3.17. The number of unbranched alkanes of at least 4 members (excludes halogenated alkanes) is 1. The Kier molecular flexibility index (Phi) is 5.40. The fraction of sp³-hybridized carbons (Fsp3) is 0.952. The molecular formula is C21H33F3O2. The summed E-state index contributed by atoms with van der Waals surface area (Å²) < 4.78 is 47.6. The molecule has 0 heterocycles. The number of ether oxygens (including phenoxy) is 1. The minimum atomic E-state index is -4.52. The Morgan fingerprint density at radius 1 is 0.962 bits per heavy atom. The molecule has 0 aromatic heterocycles. The molecule has 0 spiro atoms. The molecule has 4 saturated carbocycles. The lowest BCUT2D eigenvalue weighted by Gasteiger charge is -2.59. The molecule has 0 aromatic carbocycles. The fourth-order valence-electron chi connectivity index (χ4n) is 6.22. The number of alkyl halides is 3. The van der Waals surface area contributed by atoms with E-state index in [0.29, 0.717) is 31.1 Å². The van der Waals surface area contributed by atoms with Gasteiger partial charge in [-0.15, -0.1) is 0 Å². The van der Waals surface area contributed by atoms with Crippen molar-refractivity contribution in [1.29, 1.82) is 0 Å². The van der Waals surface area contributed by atoms with Gasteiger partial charge in [0, 0.05) is 0 Å². The number of carbonyl (C=O) groups excluding carboxylic acids is 1. The standard InChI is InChI=1S/C21H33F3O2/c1-4-6-8-20(7-5-2,21(22,23)24)26-18(25)19(3)16-10-14-9-15(12-16)13-17(19)11-14/h14-17H,4-13H2,1-3H3. The van der Waals surface area contributed by atoms with Crippen LogP contribution >= 0.6 is 0 Å². The van der Waals surface area contributed by atoms with Crippen LogP contribution in [-0.2, 0) is 9.53 Å². The van der Waals surface area contributed by atoms with E-state index in [9.17, 15) is 18.0 Å². The minimum absolute atomic E-state index is 0.122. The first-order valence-corrected chi connectivity index (χ1v) is 10.5. The van der Waals surface area contributed by atoms with Crippen LogP contribution in [0.2, 0.25) is 0 Å². The lowest BCUT2D eigenvalue weighted by Crippen LogP contribution is -2.58. The molecule has 26 heavy (non-hydrogen) atoms. The maximum absolute atomic E-state index is 14.0. The normalized spacial score (nSPS) is 38.2. The zero-order chi connectivity index (χ0) is 19.2. The van der Waals surface area contributed by atoms with Crippen LogP contribution in [0.1, 0.15) is 85.0 Å². The van der Waals surface area contributed by atoms with Crippen molar-refractivity contribution in [2.24, 2.45) is 29.1 Å². The van der Waals surface area contributed by atoms with E-state index in [1.165, 1.54) is 6.42 Å². The molecule has 4 rings (SSSR count). The van der Waals surface area contributed by atoms with Crippen molar-refractivity contribution in [3.8, 4) is 0 Å². The first-order chi connectivity index (χ1) is 12.2. The van der Waals surface area contributed by atoms with Gasteiger partial charge in [-0.3, -0.25) is 4.79 Å². The molecule has 0 aromatic rings. The molecule has 0 N–H and O–H groups in total. The Hall–Kier alpha value is -0.740. The monoisotopic (exact) mass is 374 g/mol. The Labute approximate surface area is 155 Å². The summed E-state index contributed by atoms with van der Waals surface area (Å²) in [6.07, 6.45) is 1.84. The van der Waals surface area contributed by atoms with E-state index in [2.05, 4.69) is 0 Å². The van der Waals surface area contributed by atoms with E-state index < -0.39 is 23.2 Å². The Morgan fingerprint density at radius 3 is 1.92 bits per heavy atom. The van der Waals surface area contributed by atoms with E-state index in [1.807, 2.05) is 13.8 Å². The van der Waals surface area contributed by atoms with Crippen LogP contribution < -0.4 is 0 Å². The van der Waals surface area contributed by atoms with Gasteiger partial charge in [-0.1, -0.05) is 26.7 Å². The molecule has 0 radical (unpaired) electrons. The van der Waals surface area contributed by atoms with Crippen molar-refractivity contribution in [3.05, 3.63) is 0 Å². The maximum atomic E-state index is 14.0. The highest BCUT2D eigenvalue weighted by atomic mass is 19.4. The number of carbonyl (C=O) groups is 1. The second-order valence-corrected chi connectivity index (χ2v) is 9.32. The quantitative estimate of drug-likeness (QED) is 0.490. The summed E-state index contributed by atoms with van der Waals surface area (Å²) in [6.45, 7) is 5.49. The molecular weight excluding hydrogens is 341 g/mol. The van der Waals surface area contributed by atoms with Gasteiger partial charge in [-0.2, -0.15) is 13.2 Å². The molecule has 1 atom stereocenters. The number of halogens is 3. The van der Waals surface area contributed by atoms with E-state index in [4.69, 9.17) is 4.74 Å². The van der Waals surface area contributed by atoms with E-state index in [-0.39, 0.29) is 24.7 Å². The summed E-state index contributed by atoms with van der Waals surface area (Å²) in [5.41, 5.74) is -3.05. The topological polar surface area (TPSA) is 26.3 Å². The summed E-state index contributed by atoms with van der Waals surface area (Å²) in [4.78, 5) is 13.2. The highest BCUT2D eigenvalue weighted by molar-refractivity contribution is 5.78. The van der Waals surface area contributed by atoms with Gasteiger partial charge in [0.25, 0.3) is 0 Å². The van der Waals surface area contributed by atoms with Gasteiger partial charge in [0.2, 0.25) is 5.60 Å². The molecule has 1 unspecified atom stereocenters. The number of rotatable bonds is 7. The van der Waals surface area contributed by atoms with Gasteiger partial charge >= 0.3 is 12.1 Å². The van der Waals surface area contributed by atoms with Gasteiger partial charge in [-0.25, -0.2) is 0 Å². The van der Waals surface area contributed by atoms with Crippen LogP contribution in [0, 0.1) is 29.1 Å². The van der Waals surface area contributed by atoms with E-state index in [1.54, 1.807) is 6.92 Å². The Morgan fingerprint density at radius 2 is 1.50 bits per heavy atom. The number of esters is 1. The molecule has 0 saturated heterocycles. The Bertz CT molecular complexity index is 500. The van der Waals surface area contributed by atoms with Crippen molar-refractivity contribution < 1.29 is 22.7 Å². The first-order valence-electron chi connectivity index (χ1n) is 10.5. The molecule has 0 aliphatic heterocycles. The summed E-state index contributed by atoms with van der Waals surface area (Å²) >= 11 is 0. The largest absolute Gasteiger partial charge is 0.449 e. The van der Waals surface area contributed by atoms with Crippen LogP contribution in [0.3, 0.4) is 0 Å². The smallest absolute Gasteiger partial charge is 0.428 e. The van der Waals surface area contributed by atoms with Gasteiger partial charge in [-0.05, 0) is 82.0 Å². The van der Waals surface area contributed by atoms with Gasteiger partial charge in [0.1, 0.15) is 0 Å². The SMILES string of the molecule is CCCCC(CCC)(OC(=O)C1(C)C2CC3CC(C2)CC1C3)C(F)(F)F. The molecule has 4 aliphatic rings. The highest BCUT2D eigenvalue weighted by Gasteiger charge is 2.63. The van der Waals surface area contributed by atoms with Crippen LogP contribution in [0.15, 0.2) is 0 Å². The molecule has 5 heteroatoms. The van der Waals surface area contributed by atoms with Gasteiger partial charge < -0.3 is 4.74 Å². The number of hydrogen-bond donors (Lipinski definition) is 0. The van der Waals surface area contributed by atoms with Gasteiger partial charge in [0.15, 0.2) is 0 Å². The average molecular weight is 374 g/mol. The third-order valence-corrected chi connectivity index (χ3v) is 7.67. The average Bonchev–Trinajstić information content (AvgIpc) is 2.55. The molecule has 2 nitrogen and oxygen atoms in total. The Balaban J connectivity index is 1.85. The second kappa shape index (κ2) is 7.01. The molecule has 4 aliphatic carbocycles. The van der Waals surface area contributed by atoms with Crippen LogP contribution in [-0.4, -0.2) is 17.7 Å². The molecule has 4 fully saturated rings. The van der Waals surface area contributed by atoms with Crippen molar-refractivity contribution in [2.75, 3.05) is 0 Å². The second-order valence-electron chi connectivity index (χ2n) is 9.32. The summed E-state index contributed by atoms with van der Waals surface area (Å²) in [7, 11) is 0. The molecule has 4 bridgehead atoms. The fourth-order valence-corrected chi connectivity index (χ4v) is 6.22. The zero-order valence-electron chi connectivity index (χ0n) is 16.3. The van der Waals surface area contributed by atoms with Gasteiger partial charge in [0.05, 0.1) is 5.41 Å². The van der Waals surface area contributed by atoms with E-state index >= 15 is 0 Å². The van der Waals surface area contributed by atoms with Crippen LogP contribution in [0.4, 0.5) is 13.2 Å². The van der Waals surface area contributed by atoms with Crippen molar-refractivity contribution in [2.45, 2.75) is 96.8 Å². The zero-order valence-corrected chi connectivity index (χ0v) is 16.3. The predicted octanol–water partition coefficient (Wildman–Crippen LogP) is 6.28. The summed E-state index contributed by atoms with van der Waals surface area (Å²) in [6, 6.07) is 0. The molecule has 150 valence electrons. The maximum Gasteiger partial charge on any atom is 0.428 e. The van der Waals surface area contributed by atoms with Crippen molar-refractivity contribution in [3.63, 3.8) is 0 Å². The third-order valence-electron chi connectivity index (χ3n) is 7.67. The molecule has 0 amide bonds. The minimum Gasteiger partial charge on any atom is -0.449 e. The van der Waals surface area contributed by atoms with Crippen molar-refractivity contribution in [1.82, 2.24) is 0 Å². The number of hydrogen-bond acceptors (Lipinski definition) is 2. The van der Waals surface area contributed by atoms with Crippen molar-refractivity contribution >= 4 is 5.97 Å². The lowest BCUT2D eigenvalue weighted by atomic mass is 9.46. The lowest BCUT2D eigenvalue weighted by molar-refractivity contribution is -0.283. The van der Waals surface area contributed by atoms with Crippen LogP contribution in [0.25, 0.3) is 0 Å². The van der Waals surface area contributed by atoms with E-state index in [0.717, 1.165) is 25.7 Å². The summed E-state index contributed by atoms with van der Waals surface area (Å²) in [5.74, 6) is 1.16. The highest BCUT2D eigenvalue weighted by Crippen LogP contribution is 2.63. The predicted molar refractivity (Wildman–Crippen MR) is 94.5 cm³/mol. The van der Waals surface area contributed by atoms with Crippen LogP contribution in [0.5, 0.6) is 0 Å². The summed E-state index contributed by atoms with van der Waals surface area (Å²) in [5, 5.41) is 0. The first kappa shape index (κ1) is 20.0.